The average Bonchev–Trinajstić information content (AvgIpc) is 2.79. The Kier molecular flexibility index (Phi) is 6.63. The molecule has 2 aromatic heterocycles. The van der Waals surface area contributed by atoms with E-state index in [9.17, 15) is 0 Å². The van der Waals surface area contributed by atoms with Gasteiger partial charge in [-0.2, -0.15) is 0 Å². The number of hydrogen-bond donors (Lipinski definition) is 0. The van der Waals surface area contributed by atoms with E-state index in [4.69, 9.17) is 11.6 Å². The third-order valence-corrected chi connectivity index (χ3v) is 5.62. The van der Waals surface area contributed by atoms with Crippen molar-refractivity contribution in [2.24, 2.45) is 0 Å². The minimum absolute atomic E-state index is 0.717. The van der Waals surface area contributed by atoms with Crippen molar-refractivity contribution in [3.63, 3.8) is 0 Å². The summed E-state index contributed by atoms with van der Waals surface area (Å²) in [6.07, 6.45) is 11.6. The van der Waals surface area contributed by atoms with E-state index in [1.165, 1.54) is 27.8 Å². The van der Waals surface area contributed by atoms with Gasteiger partial charge in [0.1, 0.15) is 0 Å². The molecule has 0 aliphatic heterocycles. The summed E-state index contributed by atoms with van der Waals surface area (Å²) in [5, 5.41) is 0.717. The highest BCUT2D eigenvalue weighted by Crippen LogP contribution is 2.30. The SMILES string of the molecule is CC(C)=C(c1cccnc1)c1cc(Cl)cc(C=Cc2ccc(-c3ccncc3)cc2C)c1. The summed E-state index contributed by atoms with van der Waals surface area (Å²) in [6.45, 7) is 6.37. The monoisotopic (exact) mass is 436 g/mol. The van der Waals surface area contributed by atoms with Crippen molar-refractivity contribution >= 4 is 29.3 Å². The average molecular weight is 437 g/mol. The number of aromatic nitrogens is 2. The molecule has 0 fully saturated rings. The summed E-state index contributed by atoms with van der Waals surface area (Å²) in [4.78, 5) is 8.39. The van der Waals surface area contributed by atoms with Crippen LogP contribution < -0.4 is 0 Å². The largest absolute Gasteiger partial charge is 0.265 e. The van der Waals surface area contributed by atoms with Gasteiger partial charge in [0.15, 0.2) is 0 Å². The Morgan fingerprint density at radius 2 is 1.59 bits per heavy atom. The molecule has 0 bridgehead atoms. The van der Waals surface area contributed by atoms with Crippen LogP contribution in [0.4, 0.5) is 0 Å². The zero-order valence-corrected chi connectivity index (χ0v) is 19.3. The molecule has 32 heavy (non-hydrogen) atoms. The highest BCUT2D eigenvalue weighted by atomic mass is 35.5. The second-order valence-electron chi connectivity index (χ2n) is 8.03. The molecule has 0 amide bonds. The van der Waals surface area contributed by atoms with E-state index in [2.05, 4.69) is 73.2 Å². The van der Waals surface area contributed by atoms with E-state index in [1.54, 1.807) is 6.20 Å². The van der Waals surface area contributed by atoms with Crippen LogP contribution in [0.5, 0.6) is 0 Å². The molecule has 4 rings (SSSR count). The van der Waals surface area contributed by atoms with Gasteiger partial charge in [-0.25, -0.2) is 0 Å². The van der Waals surface area contributed by atoms with E-state index >= 15 is 0 Å². The summed E-state index contributed by atoms with van der Waals surface area (Å²) in [5.74, 6) is 0. The smallest absolute Gasteiger partial charge is 0.0418 e. The fourth-order valence-electron chi connectivity index (χ4n) is 3.88. The first-order valence-electron chi connectivity index (χ1n) is 10.6. The lowest BCUT2D eigenvalue weighted by Gasteiger charge is -2.12. The molecule has 2 aromatic carbocycles. The maximum Gasteiger partial charge on any atom is 0.0418 e. The summed E-state index contributed by atoms with van der Waals surface area (Å²) in [5.41, 5.74) is 10.4. The Morgan fingerprint density at radius 1 is 0.781 bits per heavy atom. The number of hydrogen-bond acceptors (Lipinski definition) is 2. The van der Waals surface area contributed by atoms with Crippen molar-refractivity contribution < 1.29 is 0 Å². The molecule has 2 nitrogen and oxygen atoms in total. The second kappa shape index (κ2) is 9.76. The zero-order chi connectivity index (χ0) is 22.5. The number of benzene rings is 2. The molecule has 158 valence electrons. The Bertz CT molecular complexity index is 1290. The summed E-state index contributed by atoms with van der Waals surface area (Å²) in [7, 11) is 0. The standard InChI is InChI=1S/C29H25ClN2/c1-20(2)29(26-5-4-12-32-19-26)27-16-22(17-28(30)18-27)6-7-23-8-9-25(15-21(23)3)24-10-13-31-14-11-24/h4-19H,1-3H3. The molecule has 0 radical (unpaired) electrons. The van der Waals surface area contributed by atoms with Crippen LogP contribution in [-0.2, 0) is 0 Å². The molecule has 0 N–H and O–H groups in total. The van der Waals surface area contributed by atoms with E-state index in [-0.39, 0.29) is 0 Å². The van der Waals surface area contributed by atoms with Crippen LogP contribution >= 0.6 is 11.6 Å². The molecular formula is C29H25ClN2. The van der Waals surface area contributed by atoms with Crippen molar-refractivity contribution in [1.82, 2.24) is 9.97 Å². The van der Waals surface area contributed by atoms with Crippen LogP contribution in [0.15, 0.2) is 91.0 Å². The van der Waals surface area contributed by atoms with Gasteiger partial charge in [-0.3, -0.25) is 9.97 Å². The van der Waals surface area contributed by atoms with E-state index in [1.807, 2.05) is 48.9 Å². The van der Waals surface area contributed by atoms with Crippen molar-refractivity contribution in [1.29, 1.82) is 0 Å². The van der Waals surface area contributed by atoms with E-state index < -0.39 is 0 Å². The van der Waals surface area contributed by atoms with Crippen molar-refractivity contribution in [3.8, 4) is 11.1 Å². The van der Waals surface area contributed by atoms with Gasteiger partial charge in [-0.15, -0.1) is 0 Å². The van der Waals surface area contributed by atoms with Crippen molar-refractivity contribution in [2.75, 3.05) is 0 Å². The number of aryl methyl sites for hydroxylation is 1. The van der Waals surface area contributed by atoms with Crippen LogP contribution in [0.2, 0.25) is 5.02 Å². The summed E-state index contributed by atoms with van der Waals surface area (Å²) >= 11 is 6.51. The van der Waals surface area contributed by atoms with Gasteiger partial charge in [0, 0.05) is 35.4 Å². The van der Waals surface area contributed by atoms with Crippen molar-refractivity contribution in [2.45, 2.75) is 20.8 Å². The highest BCUT2D eigenvalue weighted by Gasteiger charge is 2.09. The van der Waals surface area contributed by atoms with Gasteiger partial charge in [-0.05, 0) is 96.1 Å². The van der Waals surface area contributed by atoms with Gasteiger partial charge < -0.3 is 0 Å². The first-order valence-corrected chi connectivity index (χ1v) is 11.0. The molecule has 4 aromatic rings. The lowest BCUT2D eigenvalue weighted by molar-refractivity contribution is 1.29. The van der Waals surface area contributed by atoms with Crippen molar-refractivity contribution in [3.05, 3.63) is 124 Å². The molecule has 0 aliphatic carbocycles. The highest BCUT2D eigenvalue weighted by molar-refractivity contribution is 6.31. The maximum absolute atomic E-state index is 6.51. The first kappa shape index (κ1) is 21.7. The van der Waals surface area contributed by atoms with Gasteiger partial charge in [-0.1, -0.05) is 53.6 Å². The van der Waals surface area contributed by atoms with Crippen LogP contribution in [0, 0.1) is 6.92 Å². The summed E-state index contributed by atoms with van der Waals surface area (Å²) < 4.78 is 0. The molecule has 0 saturated carbocycles. The lowest BCUT2D eigenvalue weighted by Crippen LogP contribution is -1.93. The van der Waals surface area contributed by atoms with Crippen LogP contribution in [0.25, 0.3) is 28.9 Å². The Labute approximate surface area is 195 Å². The Hall–Kier alpha value is -3.49. The van der Waals surface area contributed by atoms with Gasteiger partial charge in [0.2, 0.25) is 0 Å². The minimum atomic E-state index is 0.717. The number of halogens is 1. The molecule has 0 aliphatic rings. The molecule has 0 spiro atoms. The third kappa shape index (κ3) is 5.04. The van der Waals surface area contributed by atoms with Gasteiger partial charge in [0.25, 0.3) is 0 Å². The quantitative estimate of drug-likeness (QED) is 0.295. The lowest BCUT2D eigenvalue weighted by atomic mass is 9.93. The predicted molar refractivity (Wildman–Crippen MR) is 136 cm³/mol. The molecule has 2 heterocycles. The van der Waals surface area contributed by atoms with Gasteiger partial charge >= 0.3 is 0 Å². The molecule has 0 unspecified atom stereocenters. The van der Waals surface area contributed by atoms with E-state index in [0.717, 1.165) is 27.3 Å². The van der Waals surface area contributed by atoms with Crippen LogP contribution in [0.3, 0.4) is 0 Å². The minimum Gasteiger partial charge on any atom is -0.265 e. The Morgan fingerprint density at radius 3 is 2.28 bits per heavy atom. The third-order valence-electron chi connectivity index (χ3n) is 5.40. The fraction of sp³-hybridized carbons (Fsp3) is 0.103. The predicted octanol–water partition coefficient (Wildman–Crippen LogP) is 8.12. The normalized spacial score (nSPS) is 11.0. The molecular weight excluding hydrogens is 412 g/mol. The van der Waals surface area contributed by atoms with Crippen LogP contribution in [0.1, 0.15) is 41.7 Å². The maximum atomic E-state index is 6.51. The molecule has 0 atom stereocenters. The number of rotatable bonds is 5. The summed E-state index contributed by atoms with van der Waals surface area (Å²) in [6, 6.07) is 20.8. The number of allylic oxidation sites excluding steroid dienone is 1. The molecule has 0 saturated heterocycles. The fourth-order valence-corrected chi connectivity index (χ4v) is 4.12. The number of nitrogens with zero attached hydrogens (tertiary/aromatic N) is 2. The topological polar surface area (TPSA) is 25.8 Å². The molecule has 3 heteroatoms. The zero-order valence-electron chi connectivity index (χ0n) is 18.5. The Balaban J connectivity index is 1.66. The number of pyridine rings is 2. The second-order valence-corrected chi connectivity index (χ2v) is 8.47. The van der Waals surface area contributed by atoms with Crippen LogP contribution in [-0.4, -0.2) is 9.97 Å². The first-order chi connectivity index (χ1) is 15.5. The van der Waals surface area contributed by atoms with Gasteiger partial charge in [0.05, 0.1) is 0 Å². The van der Waals surface area contributed by atoms with E-state index in [0.29, 0.717) is 0 Å².